The minimum absolute atomic E-state index is 0.0677. The maximum Gasteiger partial charge on any atom is 0.303 e. The van der Waals surface area contributed by atoms with Crippen molar-refractivity contribution in [1.82, 2.24) is 0 Å². The third-order valence-electron chi connectivity index (χ3n) is 11.2. The van der Waals surface area contributed by atoms with Crippen LogP contribution in [0.25, 0.3) is 0 Å². The third-order valence-corrected chi connectivity index (χ3v) is 11.2. The molecule has 0 amide bonds. The first kappa shape index (κ1) is 24.5. The standard InChI is InChI=1S/C27H46O5/c1-5-6-17-20-13-16(28)11-12-26(20,3)21-14-22(29)27(4)18(15(2)7-10-23(30)31)8-9-19(27)24(21)25(17)32/h15-22,24-25,28-29,32H,5-14H2,1-4H3,(H,30,31)/t15-,16-,17-,18-,19+,20+,21+,22+,24+,25-,26+,27-/m1/s1. The Morgan fingerprint density at radius 1 is 1.03 bits per heavy atom. The van der Waals surface area contributed by atoms with Crippen molar-refractivity contribution in [1.29, 1.82) is 0 Å². The van der Waals surface area contributed by atoms with Crippen LogP contribution >= 0.6 is 0 Å². The van der Waals surface area contributed by atoms with Crippen LogP contribution in [-0.2, 0) is 4.79 Å². The van der Waals surface area contributed by atoms with Gasteiger partial charge in [-0.15, -0.1) is 0 Å². The van der Waals surface area contributed by atoms with E-state index in [4.69, 9.17) is 0 Å². The normalized spacial score (nSPS) is 51.4. The number of carbonyl (C=O) groups is 1. The lowest BCUT2D eigenvalue weighted by atomic mass is 9.40. The number of carboxylic acid groups (broad SMARTS) is 1. The average Bonchev–Trinajstić information content (AvgIpc) is 3.10. The van der Waals surface area contributed by atoms with Gasteiger partial charge in [0.2, 0.25) is 0 Å². The summed E-state index contributed by atoms with van der Waals surface area (Å²) in [6.45, 7) is 9.00. The number of aliphatic hydroxyl groups is 3. The van der Waals surface area contributed by atoms with Gasteiger partial charge in [0.15, 0.2) is 0 Å². The lowest BCUT2D eigenvalue weighted by Gasteiger charge is -2.65. The van der Waals surface area contributed by atoms with Gasteiger partial charge in [0.1, 0.15) is 0 Å². The van der Waals surface area contributed by atoms with Crippen LogP contribution < -0.4 is 0 Å². The first-order valence-electron chi connectivity index (χ1n) is 13.3. The van der Waals surface area contributed by atoms with E-state index < -0.39 is 12.1 Å². The summed E-state index contributed by atoms with van der Waals surface area (Å²) in [6, 6.07) is 0. The van der Waals surface area contributed by atoms with Gasteiger partial charge in [0.05, 0.1) is 18.3 Å². The van der Waals surface area contributed by atoms with Crippen molar-refractivity contribution in [2.75, 3.05) is 0 Å². The Kier molecular flexibility index (Phi) is 6.77. The van der Waals surface area contributed by atoms with Crippen LogP contribution in [0, 0.1) is 52.3 Å². The molecule has 12 atom stereocenters. The number of aliphatic carboxylic acids is 1. The molecular formula is C27H46O5. The predicted molar refractivity (Wildman–Crippen MR) is 124 cm³/mol. The molecule has 0 spiro atoms. The number of hydrogen-bond acceptors (Lipinski definition) is 4. The molecular weight excluding hydrogens is 404 g/mol. The number of hydrogen-bond donors (Lipinski definition) is 4. The zero-order valence-corrected chi connectivity index (χ0v) is 20.5. The van der Waals surface area contributed by atoms with Crippen LogP contribution in [-0.4, -0.2) is 44.7 Å². The first-order valence-corrected chi connectivity index (χ1v) is 13.3. The Bertz CT molecular complexity index is 696. The largest absolute Gasteiger partial charge is 0.481 e. The second kappa shape index (κ2) is 8.85. The number of rotatable bonds is 6. The van der Waals surface area contributed by atoms with Crippen LogP contribution in [0.5, 0.6) is 0 Å². The Balaban J connectivity index is 1.67. The molecule has 4 fully saturated rings. The second-order valence-corrected chi connectivity index (χ2v) is 12.5. The van der Waals surface area contributed by atoms with Crippen molar-refractivity contribution < 1.29 is 25.2 Å². The molecule has 5 nitrogen and oxygen atoms in total. The highest BCUT2D eigenvalue weighted by Gasteiger charge is 2.67. The van der Waals surface area contributed by atoms with E-state index >= 15 is 0 Å². The van der Waals surface area contributed by atoms with E-state index in [9.17, 15) is 25.2 Å². The summed E-state index contributed by atoms with van der Waals surface area (Å²) in [5.74, 6) is 1.15. The predicted octanol–water partition coefficient (Wildman–Crippen LogP) is 4.47. The molecule has 0 saturated heterocycles. The Labute approximate surface area is 194 Å². The molecule has 5 heteroatoms. The molecule has 0 heterocycles. The molecule has 4 aliphatic rings. The minimum atomic E-state index is -0.746. The molecule has 32 heavy (non-hydrogen) atoms. The lowest BCUT2D eigenvalue weighted by Crippen LogP contribution is -2.65. The van der Waals surface area contributed by atoms with Crippen molar-refractivity contribution in [2.45, 2.75) is 110 Å². The van der Waals surface area contributed by atoms with Crippen LogP contribution in [0.15, 0.2) is 0 Å². The highest BCUT2D eigenvalue weighted by atomic mass is 16.4. The topological polar surface area (TPSA) is 98.0 Å². The van der Waals surface area contributed by atoms with Crippen LogP contribution in [0.2, 0.25) is 0 Å². The van der Waals surface area contributed by atoms with Crippen molar-refractivity contribution in [3.8, 4) is 0 Å². The summed E-state index contributed by atoms with van der Waals surface area (Å²) < 4.78 is 0. The summed E-state index contributed by atoms with van der Waals surface area (Å²) in [4.78, 5) is 11.2. The molecule has 0 radical (unpaired) electrons. The fourth-order valence-electron chi connectivity index (χ4n) is 9.62. The van der Waals surface area contributed by atoms with Gasteiger partial charge in [-0.3, -0.25) is 4.79 Å². The summed E-state index contributed by atoms with van der Waals surface area (Å²) >= 11 is 0. The van der Waals surface area contributed by atoms with Gasteiger partial charge in [-0.1, -0.05) is 34.1 Å². The molecule has 4 aliphatic carbocycles. The van der Waals surface area contributed by atoms with E-state index in [0.717, 1.165) is 51.4 Å². The van der Waals surface area contributed by atoms with Crippen LogP contribution in [0.4, 0.5) is 0 Å². The summed E-state index contributed by atoms with van der Waals surface area (Å²) in [6.07, 6.45) is 7.23. The average molecular weight is 451 g/mol. The van der Waals surface area contributed by atoms with E-state index in [1.807, 2.05) is 0 Å². The van der Waals surface area contributed by atoms with Gasteiger partial charge >= 0.3 is 5.97 Å². The zero-order valence-electron chi connectivity index (χ0n) is 20.5. The molecule has 0 unspecified atom stereocenters. The zero-order chi connectivity index (χ0) is 23.4. The second-order valence-electron chi connectivity index (χ2n) is 12.5. The van der Waals surface area contributed by atoms with Gasteiger partial charge in [-0.05, 0) is 104 Å². The highest BCUT2D eigenvalue weighted by molar-refractivity contribution is 5.66. The van der Waals surface area contributed by atoms with E-state index in [2.05, 4.69) is 27.7 Å². The molecule has 4 saturated carbocycles. The van der Waals surface area contributed by atoms with Crippen molar-refractivity contribution in [3.63, 3.8) is 0 Å². The first-order chi connectivity index (χ1) is 15.1. The molecule has 0 aromatic carbocycles. The van der Waals surface area contributed by atoms with E-state index in [1.54, 1.807) is 0 Å². The van der Waals surface area contributed by atoms with Crippen molar-refractivity contribution in [2.24, 2.45) is 52.3 Å². The van der Waals surface area contributed by atoms with Crippen molar-refractivity contribution in [3.05, 3.63) is 0 Å². The fourth-order valence-corrected chi connectivity index (χ4v) is 9.62. The monoisotopic (exact) mass is 450 g/mol. The van der Waals surface area contributed by atoms with Gasteiger partial charge in [0.25, 0.3) is 0 Å². The third kappa shape index (κ3) is 3.65. The molecule has 0 aliphatic heterocycles. The Morgan fingerprint density at radius 2 is 1.75 bits per heavy atom. The van der Waals surface area contributed by atoms with Crippen LogP contribution in [0.1, 0.15) is 91.9 Å². The van der Waals surface area contributed by atoms with Gasteiger partial charge in [0, 0.05) is 6.42 Å². The van der Waals surface area contributed by atoms with Gasteiger partial charge < -0.3 is 20.4 Å². The molecule has 184 valence electrons. The van der Waals surface area contributed by atoms with Gasteiger partial charge in [-0.2, -0.15) is 0 Å². The number of carboxylic acids is 1. The fraction of sp³-hybridized carbons (Fsp3) is 0.963. The Hall–Kier alpha value is -0.650. The van der Waals surface area contributed by atoms with E-state index in [1.165, 1.54) is 0 Å². The smallest absolute Gasteiger partial charge is 0.303 e. The minimum Gasteiger partial charge on any atom is -0.481 e. The van der Waals surface area contributed by atoms with E-state index in [0.29, 0.717) is 24.2 Å². The van der Waals surface area contributed by atoms with Crippen LogP contribution in [0.3, 0.4) is 0 Å². The maximum absolute atomic E-state index is 11.8. The lowest BCUT2D eigenvalue weighted by molar-refractivity contribution is -0.229. The molecule has 0 aromatic rings. The summed E-state index contributed by atoms with van der Waals surface area (Å²) in [5.41, 5.74) is -0.188. The highest BCUT2D eigenvalue weighted by Crippen LogP contribution is 2.69. The number of fused-ring (bicyclic) bond motifs is 5. The maximum atomic E-state index is 11.8. The molecule has 0 bridgehead atoms. The molecule has 0 aromatic heterocycles. The molecule has 4 rings (SSSR count). The SMILES string of the molecule is CCC[C@H]1[C@@H](O)[C@@H]2[C@H](C[C@H](O)[C@]3(C)[C@@H]([C@H](C)CCC(=O)O)CC[C@@H]23)[C@@]2(C)CC[C@@H](O)C[C@@H]12. The van der Waals surface area contributed by atoms with E-state index in [-0.39, 0.29) is 53.1 Å². The summed E-state index contributed by atoms with van der Waals surface area (Å²) in [5, 5.41) is 43.1. The van der Waals surface area contributed by atoms with Gasteiger partial charge in [-0.25, -0.2) is 0 Å². The Morgan fingerprint density at radius 3 is 2.41 bits per heavy atom. The summed E-state index contributed by atoms with van der Waals surface area (Å²) in [7, 11) is 0. The molecule has 4 N–H and O–H groups in total. The number of aliphatic hydroxyl groups excluding tert-OH is 3. The van der Waals surface area contributed by atoms with Crippen molar-refractivity contribution >= 4 is 5.97 Å². The quantitative estimate of drug-likeness (QED) is 0.478.